The van der Waals surface area contributed by atoms with E-state index in [4.69, 9.17) is 5.73 Å². The van der Waals surface area contributed by atoms with Crippen LogP contribution in [-0.2, 0) is 6.54 Å². The molecule has 0 bridgehead atoms. The number of hydrogen-bond donors (Lipinski definition) is 2. The van der Waals surface area contributed by atoms with E-state index in [0.29, 0.717) is 5.69 Å². The Balaban J connectivity index is 1.73. The lowest BCUT2D eigenvalue weighted by Gasteiger charge is -2.04. The number of benzene rings is 1. The maximum atomic E-state index is 13.6. The van der Waals surface area contributed by atoms with Crippen molar-refractivity contribution in [2.45, 2.75) is 6.54 Å². The summed E-state index contributed by atoms with van der Waals surface area (Å²) in [4.78, 5) is 19.7. The van der Waals surface area contributed by atoms with E-state index >= 15 is 0 Å². The largest absolute Gasteiger partial charge is 0.382 e. The van der Waals surface area contributed by atoms with Gasteiger partial charge in [-0.3, -0.25) is 9.48 Å². The quantitative estimate of drug-likeness (QED) is 0.760. The van der Waals surface area contributed by atoms with Gasteiger partial charge in [-0.15, -0.1) is 0 Å². The number of rotatable bonds is 4. The molecule has 0 aliphatic rings. The normalized spacial score (nSPS) is 10.6. The first kappa shape index (κ1) is 15.5. The Hall–Kier alpha value is -3.36. The number of aromatic nitrogens is 4. The van der Waals surface area contributed by atoms with E-state index in [9.17, 15) is 13.6 Å². The molecule has 0 radical (unpaired) electrons. The van der Waals surface area contributed by atoms with E-state index in [1.807, 2.05) is 0 Å². The van der Waals surface area contributed by atoms with Gasteiger partial charge in [-0.25, -0.2) is 18.7 Å². The van der Waals surface area contributed by atoms with Crippen LogP contribution in [0.15, 0.2) is 43.0 Å². The molecule has 3 rings (SSSR count). The molecule has 2 aromatic heterocycles. The highest BCUT2D eigenvalue weighted by molar-refractivity contribution is 6.05. The molecule has 2 heterocycles. The first-order valence-corrected chi connectivity index (χ1v) is 6.87. The van der Waals surface area contributed by atoms with E-state index in [1.165, 1.54) is 29.5 Å². The van der Waals surface area contributed by atoms with Crippen molar-refractivity contribution in [3.05, 3.63) is 65.9 Å². The number of nitrogens with zero attached hydrogens (tertiary/aromatic N) is 4. The molecule has 0 saturated heterocycles. The molecular formula is C15H12F2N6O. The van der Waals surface area contributed by atoms with E-state index in [2.05, 4.69) is 20.4 Å². The minimum atomic E-state index is -0.544. The Morgan fingerprint density at radius 3 is 2.83 bits per heavy atom. The van der Waals surface area contributed by atoms with Gasteiger partial charge in [0.15, 0.2) is 11.5 Å². The smallest absolute Gasteiger partial charge is 0.278 e. The van der Waals surface area contributed by atoms with Crippen molar-refractivity contribution in [3.63, 3.8) is 0 Å². The van der Waals surface area contributed by atoms with Crippen molar-refractivity contribution < 1.29 is 13.6 Å². The summed E-state index contributed by atoms with van der Waals surface area (Å²) in [5.74, 6) is -1.61. The van der Waals surface area contributed by atoms with Crippen molar-refractivity contribution in [3.8, 4) is 0 Å². The summed E-state index contributed by atoms with van der Waals surface area (Å²) in [5, 5.41) is 6.56. The Kier molecular flexibility index (Phi) is 4.15. The second kappa shape index (κ2) is 6.41. The fraction of sp³-hybridized carbons (Fsp3) is 0.0667. The second-order valence-electron chi connectivity index (χ2n) is 4.91. The SMILES string of the molecule is Nc1nccnc1C(=O)Nc1cnn(Cc2cc(F)ccc2F)c1. The number of amides is 1. The molecule has 3 N–H and O–H groups in total. The first-order chi connectivity index (χ1) is 11.5. The molecular weight excluding hydrogens is 318 g/mol. The van der Waals surface area contributed by atoms with Crippen LogP contribution in [0.4, 0.5) is 20.3 Å². The zero-order chi connectivity index (χ0) is 17.1. The molecule has 0 fully saturated rings. The molecule has 1 aromatic carbocycles. The van der Waals surface area contributed by atoms with Gasteiger partial charge in [0.1, 0.15) is 11.6 Å². The standard InChI is InChI=1S/C15H12F2N6O/c16-10-1-2-12(17)9(5-10)7-23-8-11(6-21-23)22-15(24)13-14(18)20-4-3-19-13/h1-6,8H,7H2,(H2,18,20)(H,22,24). The van der Waals surface area contributed by atoms with Crippen LogP contribution in [0, 0.1) is 11.6 Å². The first-order valence-electron chi connectivity index (χ1n) is 6.87. The summed E-state index contributed by atoms with van der Waals surface area (Å²) in [7, 11) is 0. The molecule has 7 nitrogen and oxygen atoms in total. The topological polar surface area (TPSA) is 98.7 Å². The van der Waals surface area contributed by atoms with Crippen LogP contribution in [0.2, 0.25) is 0 Å². The van der Waals surface area contributed by atoms with Gasteiger partial charge in [-0.1, -0.05) is 0 Å². The molecule has 0 saturated carbocycles. The summed E-state index contributed by atoms with van der Waals surface area (Å²) >= 11 is 0. The van der Waals surface area contributed by atoms with E-state index in [1.54, 1.807) is 0 Å². The van der Waals surface area contributed by atoms with Crippen LogP contribution in [0.25, 0.3) is 0 Å². The highest BCUT2D eigenvalue weighted by Gasteiger charge is 2.13. The van der Waals surface area contributed by atoms with Crippen LogP contribution in [0.1, 0.15) is 16.1 Å². The third-order valence-electron chi connectivity index (χ3n) is 3.17. The van der Waals surface area contributed by atoms with Gasteiger partial charge < -0.3 is 11.1 Å². The van der Waals surface area contributed by atoms with Gasteiger partial charge in [0, 0.05) is 24.2 Å². The Bertz CT molecular complexity index is 895. The Morgan fingerprint density at radius 1 is 1.25 bits per heavy atom. The van der Waals surface area contributed by atoms with Gasteiger partial charge in [-0.2, -0.15) is 5.10 Å². The van der Waals surface area contributed by atoms with Crippen LogP contribution >= 0.6 is 0 Å². The van der Waals surface area contributed by atoms with Crippen LogP contribution in [0.5, 0.6) is 0 Å². The van der Waals surface area contributed by atoms with E-state index in [0.717, 1.165) is 18.2 Å². The average Bonchev–Trinajstić information content (AvgIpc) is 2.98. The lowest BCUT2D eigenvalue weighted by Crippen LogP contribution is -2.16. The third-order valence-corrected chi connectivity index (χ3v) is 3.17. The summed E-state index contributed by atoms with van der Waals surface area (Å²) in [6.45, 7) is 0.0206. The molecule has 3 aromatic rings. The predicted molar refractivity (Wildman–Crippen MR) is 82.1 cm³/mol. The van der Waals surface area contributed by atoms with Crippen molar-refractivity contribution in [2.75, 3.05) is 11.1 Å². The highest BCUT2D eigenvalue weighted by Crippen LogP contribution is 2.14. The molecule has 24 heavy (non-hydrogen) atoms. The Labute approximate surface area is 135 Å². The van der Waals surface area contributed by atoms with Crippen LogP contribution in [-0.4, -0.2) is 25.7 Å². The molecule has 9 heteroatoms. The zero-order valence-corrected chi connectivity index (χ0v) is 12.3. The van der Waals surface area contributed by atoms with Crippen LogP contribution in [0.3, 0.4) is 0 Å². The lowest BCUT2D eigenvalue weighted by molar-refractivity contribution is 0.102. The number of hydrogen-bond acceptors (Lipinski definition) is 5. The van der Waals surface area contributed by atoms with Crippen molar-refractivity contribution in [2.24, 2.45) is 0 Å². The van der Waals surface area contributed by atoms with Crippen molar-refractivity contribution in [1.82, 2.24) is 19.7 Å². The van der Waals surface area contributed by atoms with Gasteiger partial charge >= 0.3 is 0 Å². The summed E-state index contributed by atoms with van der Waals surface area (Å²) in [5.41, 5.74) is 6.08. The zero-order valence-electron chi connectivity index (χ0n) is 12.3. The molecule has 0 aliphatic carbocycles. The third kappa shape index (κ3) is 3.35. The molecule has 122 valence electrons. The molecule has 0 spiro atoms. The van der Waals surface area contributed by atoms with Crippen molar-refractivity contribution in [1.29, 1.82) is 0 Å². The monoisotopic (exact) mass is 330 g/mol. The van der Waals surface area contributed by atoms with E-state index in [-0.39, 0.29) is 23.6 Å². The number of nitrogen functional groups attached to an aromatic ring is 1. The minimum absolute atomic E-state index is 0.00391. The van der Waals surface area contributed by atoms with E-state index < -0.39 is 17.5 Å². The summed E-state index contributed by atoms with van der Waals surface area (Å²) < 4.78 is 28.2. The lowest BCUT2D eigenvalue weighted by atomic mass is 10.2. The fourth-order valence-electron chi connectivity index (χ4n) is 2.07. The second-order valence-corrected chi connectivity index (χ2v) is 4.91. The van der Waals surface area contributed by atoms with Gasteiger partial charge in [-0.05, 0) is 18.2 Å². The molecule has 0 aliphatic heterocycles. The number of nitrogens with one attached hydrogen (secondary N) is 1. The molecule has 0 unspecified atom stereocenters. The number of nitrogens with two attached hydrogens (primary N) is 1. The fourth-order valence-corrected chi connectivity index (χ4v) is 2.07. The van der Waals surface area contributed by atoms with Crippen molar-refractivity contribution >= 4 is 17.4 Å². The summed E-state index contributed by atoms with van der Waals surface area (Å²) in [6.07, 6.45) is 5.58. The Morgan fingerprint density at radius 2 is 2.04 bits per heavy atom. The minimum Gasteiger partial charge on any atom is -0.382 e. The summed E-state index contributed by atoms with van der Waals surface area (Å²) in [6, 6.07) is 3.18. The number of halogens is 2. The number of anilines is 2. The van der Waals surface area contributed by atoms with Crippen LogP contribution < -0.4 is 11.1 Å². The molecule has 0 atom stereocenters. The van der Waals surface area contributed by atoms with Gasteiger partial charge in [0.25, 0.3) is 5.91 Å². The van der Waals surface area contributed by atoms with Gasteiger partial charge in [0.2, 0.25) is 0 Å². The number of carbonyl (C=O) groups excluding carboxylic acids is 1. The maximum absolute atomic E-state index is 13.6. The predicted octanol–water partition coefficient (Wildman–Crippen LogP) is 1.83. The highest BCUT2D eigenvalue weighted by atomic mass is 19.1. The average molecular weight is 330 g/mol. The molecule has 1 amide bonds. The van der Waals surface area contributed by atoms with Gasteiger partial charge in [0.05, 0.1) is 18.4 Å². The maximum Gasteiger partial charge on any atom is 0.278 e. The number of carbonyl (C=O) groups is 1.